The number of nitrogens with zero attached hydrogens (tertiary/aromatic N) is 1. The molecule has 2 N–H and O–H groups in total. The predicted octanol–water partition coefficient (Wildman–Crippen LogP) is 3.33. The third kappa shape index (κ3) is 3.64. The molecule has 4 atom stereocenters. The van der Waals surface area contributed by atoms with Crippen LogP contribution in [0.4, 0.5) is 0 Å². The molecule has 1 aliphatic carbocycles. The second kappa shape index (κ2) is 7.47. The zero-order valence-electron chi connectivity index (χ0n) is 13.3. The molecule has 3 rings (SSSR count). The zero-order chi connectivity index (χ0) is 14.8. The predicted molar refractivity (Wildman–Crippen MR) is 92.2 cm³/mol. The van der Waals surface area contributed by atoms with E-state index in [1.165, 1.54) is 12.0 Å². The van der Waals surface area contributed by atoms with E-state index in [9.17, 15) is 4.79 Å². The summed E-state index contributed by atoms with van der Waals surface area (Å²) in [7, 11) is 0. The van der Waals surface area contributed by atoms with Crippen molar-refractivity contribution in [1.82, 2.24) is 4.90 Å². The molecule has 0 aromatic heterocycles. The standard InChI is InChI=1S/C18H26N2O.ClH/c1-13-10-16(14-6-3-2-4-7-14)12-20(13)18(21)11-15-8-5-9-17(15)19;/h2-4,6-7,13,15-17H,5,8-12,19H2,1H3;1H/t13?,15-,16?,17+;/m0./s1. The molecule has 3 nitrogen and oxygen atoms in total. The van der Waals surface area contributed by atoms with E-state index in [4.69, 9.17) is 5.73 Å². The van der Waals surface area contributed by atoms with Gasteiger partial charge in [-0.2, -0.15) is 0 Å². The fourth-order valence-corrected chi connectivity index (χ4v) is 4.01. The Hall–Kier alpha value is -1.06. The smallest absolute Gasteiger partial charge is 0.223 e. The van der Waals surface area contributed by atoms with Crippen LogP contribution in [0.3, 0.4) is 0 Å². The SMILES string of the molecule is CC1CC(c2ccccc2)CN1C(=O)C[C@@H]1CCC[C@H]1N.Cl. The number of carbonyl (C=O) groups is 1. The molecule has 22 heavy (non-hydrogen) atoms. The van der Waals surface area contributed by atoms with Crippen LogP contribution in [0, 0.1) is 5.92 Å². The summed E-state index contributed by atoms with van der Waals surface area (Å²) in [6, 6.07) is 11.2. The van der Waals surface area contributed by atoms with Gasteiger partial charge in [-0.25, -0.2) is 0 Å². The Labute approximate surface area is 139 Å². The summed E-state index contributed by atoms with van der Waals surface area (Å²) >= 11 is 0. The summed E-state index contributed by atoms with van der Waals surface area (Å²) in [5, 5.41) is 0. The number of hydrogen-bond acceptors (Lipinski definition) is 2. The number of hydrogen-bond donors (Lipinski definition) is 1. The molecular weight excluding hydrogens is 296 g/mol. The second-order valence-electron chi connectivity index (χ2n) is 6.80. The monoisotopic (exact) mass is 322 g/mol. The molecule has 1 aromatic rings. The van der Waals surface area contributed by atoms with Gasteiger partial charge in [-0.1, -0.05) is 36.8 Å². The summed E-state index contributed by atoms with van der Waals surface area (Å²) in [6.45, 7) is 3.04. The average molecular weight is 323 g/mol. The Balaban J connectivity index is 0.00000176. The lowest BCUT2D eigenvalue weighted by atomic mass is 9.97. The average Bonchev–Trinajstić information content (AvgIpc) is 3.06. The molecular formula is C18H27ClN2O. The highest BCUT2D eigenvalue weighted by molar-refractivity contribution is 5.85. The molecule has 122 valence electrons. The molecule has 1 amide bonds. The van der Waals surface area contributed by atoms with Gasteiger partial charge in [0.1, 0.15) is 0 Å². The lowest BCUT2D eigenvalue weighted by Gasteiger charge is -2.24. The third-order valence-corrected chi connectivity index (χ3v) is 5.32. The summed E-state index contributed by atoms with van der Waals surface area (Å²) in [5.74, 6) is 1.20. The van der Waals surface area contributed by atoms with Gasteiger partial charge in [0.15, 0.2) is 0 Å². The van der Waals surface area contributed by atoms with E-state index in [1.807, 2.05) is 6.07 Å². The van der Waals surface area contributed by atoms with E-state index in [2.05, 4.69) is 36.1 Å². The van der Waals surface area contributed by atoms with Crippen molar-refractivity contribution in [2.24, 2.45) is 11.7 Å². The minimum absolute atomic E-state index is 0. The van der Waals surface area contributed by atoms with Crippen LogP contribution >= 0.6 is 12.4 Å². The van der Waals surface area contributed by atoms with E-state index in [0.29, 0.717) is 30.2 Å². The number of benzene rings is 1. The topological polar surface area (TPSA) is 46.3 Å². The van der Waals surface area contributed by atoms with Gasteiger partial charge in [0, 0.05) is 31.0 Å². The van der Waals surface area contributed by atoms with Crippen LogP contribution in [-0.2, 0) is 4.79 Å². The van der Waals surface area contributed by atoms with Crippen molar-refractivity contribution >= 4 is 18.3 Å². The molecule has 1 aromatic carbocycles. The molecule has 4 heteroatoms. The van der Waals surface area contributed by atoms with E-state index in [0.717, 1.165) is 25.8 Å². The fraction of sp³-hybridized carbons (Fsp3) is 0.611. The van der Waals surface area contributed by atoms with Gasteiger partial charge in [-0.05, 0) is 37.7 Å². The number of halogens is 1. The highest BCUT2D eigenvalue weighted by atomic mass is 35.5. The Bertz CT molecular complexity index is 493. The molecule has 2 unspecified atom stereocenters. The third-order valence-electron chi connectivity index (χ3n) is 5.32. The lowest BCUT2D eigenvalue weighted by Crippen LogP contribution is -2.37. The Morgan fingerprint density at radius 2 is 2.00 bits per heavy atom. The van der Waals surface area contributed by atoms with Gasteiger partial charge in [0.05, 0.1) is 0 Å². The van der Waals surface area contributed by atoms with Crippen LogP contribution in [0.1, 0.15) is 50.5 Å². The normalized spacial score (nSPS) is 31.1. The first-order valence-electron chi connectivity index (χ1n) is 8.25. The molecule has 1 saturated carbocycles. The molecule has 1 heterocycles. The molecule has 2 fully saturated rings. The number of rotatable bonds is 3. The van der Waals surface area contributed by atoms with Crippen molar-refractivity contribution in [3.8, 4) is 0 Å². The van der Waals surface area contributed by atoms with Crippen molar-refractivity contribution in [3.05, 3.63) is 35.9 Å². The van der Waals surface area contributed by atoms with Crippen LogP contribution < -0.4 is 5.73 Å². The van der Waals surface area contributed by atoms with Crippen LogP contribution in [0.25, 0.3) is 0 Å². The summed E-state index contributed by atoms with van der Waals surface area (Å²) in [6.07, 6.45) is 5.11. The van der Waals surface area contributed by atoms with Crippen molar-refractivity contribution < 1.29 is 4.79 Å². The van der Waals surface area contributed by atoms with Crippen LogP contribution in [0.5, 0.6) is 0 Å². The maximum absolute atomic E-state index is 12.6. The quantitative estimate of drug-likeness (QED) is 0.927. The Morgan fingerprint density at radius 3 is 2.64 bits per heavy atom. The largest absolute Gasteiger partial charge is 0.339 e. The van der Waals surface area contributed by atoms with E-state index >= 15 is 0 Å². The molecule has 0 bridgehead atoms. The van der Waals surface area contributed by atoms with Gasteiger partial charge in [0.25, 0.3) is 0 Å². The summed E-state index contributed by atoms with van der Waals surface area (Å²) in [4.78, 5) is 14.7. The van der Waals surface area contributed by atoms with Crippen molar-refractivity contribution in [2.45, 2.75) is 57.0 Å². The molecule has 1 aliphatic heterocycles. The van der Waals surface area contributed by atoms with E-state index in [1.54, 1.807) is 0 Å². The first-order chi connectivity index (χ1) is 10.1. The van der Waals surface area contributed by atoms with Gasteiger partial charge >= 0.3 is 0 Å². The minimum Gasteiger partial charge on any atom is -0.339 e. The van der Waals surface area contributed by atoms with Crippen molar-refractivity contribution in [2.75, 3.05) is 6.54 Å². The first-order valence-corrected chi connectivity index (χ1v) is 8.25. The maximum atomic E-state index is 12.6. The lowest BCUT2D eigenvalue weighted by molar-refractivity contribution is -0.132. The zero-order valence-corrected chi connectivity index (χ0v) is 14.1. The van der Waals surface area contributed by atoms with Crippen molar-refractivity contribution in [1.29, 1.82) is 0 Å². The minimum atomic E-state index is 0. The van der Waals surface area contributed by atoms with E-state index in [-0.39, 0.29) is 18.4 Å². The summed E-state index contributed by atoms with van der Waals surface area (Å²) in [5.41, 5.74) is 7.47. The number of amides is 1. The van der Waals surface area contributed by atoms with Crippen LogP contribution in [0.15, 0.2) is 30.3 Å². The second-order valence-corrected chi connectivity index (χ2v) is 6.80. The molecule has 2 aliphatic rings. The van der Waals surface area contributed by atoms with E-state index < -0.39 is 0 Å². The first kappa shape index (κ1) is 17.3. The fourth-order valence-electron chi connectivity index (χ4n) is 4.01. The molecule has 0 spiro atoms. The van der Waals surface area contributed by atoms with Crippen molar-refractivity contribution in [3.63, 3.8) is 0 Å². The van der Waals surface area contributed by atoms with Crippen LogP contribution in [0.2, 0.25) is 0 Å². The van der Waals surface area contributed by atoms with Gasteiger partial charge in [0.2, 0.25) is 5.91 Å². The highest BCUT2D eigenvalue weighted by Crippen LogP contribution is 2.34. The number of carbonyl (C=O) groups excluding carboxylic acids is 1. The molecule has 0 radical (unpaired) electrons. The number of likely N-dealkylation sites (tertiary alicyclic amines) is 1. The Kier molecular flexibility index (Phi) is 5.87. The maximum Gasteiger partial charge on any atom is 0.223 e. The Morgan fingerprint density at radius 1 is 1.27 bits per heavy atom. The van der Waals surface area contributed by atoms with Crippen LogP contribution in [-0.4, -0.2) is 29.4 Å². The van der Waals surface area contributed by atoms with Gasteiger partial charge < -0.3 is 10.6 Å². The number of nitrogens with two attached hydrogens (primary N) is 1. The highest BCUT2D eigenvalue weighted by Gasteiger charge is 2.35. The van der Waals surface area contributed by atoms with Gasteiger partial charge in [-0.3, -0.25) is 4.79 Å². The summed E-state index contributed by atoms with van der Waals surface area (Å²) < 4.78 is 0. The molecule has 1 saturated heterocycles. The van der Waals surface area contributed by atoms with Gasteiger partial charge in [-0.15, -0.1) is 12.4 Å².